The van der Waals surface area contributed by atoms with Gasteiger partial charge in [0.15, 0.2) is 0 Å². The Kier molecular flexibility index (Phi) is 7.85. The van der Waals surface area contributed by atoms with Crippen molar-refractivity contribution >= 4 is 22.5 Å². The lowest BCUT2D eigenvalue weighted by molar-refractivity contribution is -0.137. The summed E-state index contributed by atoms with van der Waals surface area (Å²) in [6, 6.07) is 12.7. The largest absolute Gasteiger partial charge is 0.416 e. The quantitative estimate of drug-likeness (QED) is 0.244. The summed E-state index contributed by atoms with van der Waals surface area (Å²) in [5.74, 6) is 0.0792. The van der Waals surface area contributed by atoms with Gasteiger partial charge in [-0.25, -0.2) is 4.98 Å². The zero-order valence-corrected chi connectivity index (χ0v) is 22.9. The van der Waals surface area contributed by atoms with Crippen molar-refractivity contribution in [2.24, 2.45) is 0 Å². The zero-order chi connectivity index (χ0) is 29.1. The fourth-order valence-electron chi connectivity index (χ4n) is 4.75. The molecule has 0 aliphatic carbocycles. The molecule has 7 nitrogen and oxygen atoms in total. The summed E-state index contributed by atoms with van der Waals surface area (Å²) in [4.78, 5) is 28.2. The summed E-state index contributed by atoms with van der Waals surface area (Å²) in [6.45, 7) is 2.40. The highest BCUT2D eigenvalue weighted by Gasteiger charge is 2.32. The number of alkyl halides is 3. The number of amides is 1. The molecule has 1 N–H and O–H groups in total. The van der Waals surface area contributed by atoms with E-state index in [1.165, 1.54) is 12.3 Å². The van der Waals surface area contributed by atoms with Crippen LogP contribution in [0.4, 0.5) is 18.9 Å². The number of carbonyl (C=O) groups is 1. The van der Waals surface area contributed by atoms with Gasteiger partial charge < -0.3 is 14.8 Å². The average molecular weight is 559 g/mol. The van der Waals surface area contributed by atoms with E-state index in [1.54, 1.807) is 41.5 Å². The van der Waals surface area contributed by atoms with Crippen LogP contribution in [0.2, 0.25) is 0 Å². The Bertz CT molecular complexity index is 1710. The molecule has 210 valence electrons. The molecule has 3 heterocycles. The molecule has 3 aromatic heterocycles. The predicted molar refractivity (Wildman–Crippen MR) is 152 cm³/mol. The molecule has 0 radical (unpaired) electrons. The molecule has 0 spiro atoms. The van der Waals surface area contributed by atoms with Gasteiger partial charge in [0.2, 0.25) is 0 Å². The van der Waals surface area contributed by atoms with Crippen molar-refractivity contribution in [2.45, 2.75) is 32.5 Å². The standard InChI is InChI=1S/C31H29F3N6O/c1-20-6-7-22(13-21(20)8-9-24-18-35-17-23-5-4-10-37-29(23)24)30(41)38-26-14-25(31(32,33)34)15-27(16-26)40-12-11-36-28(40)19-39(2)3/h4-7,10-18H,8-9,19H2,1-3H3,(H,38,41). The van der Waals surface area contributed by atoms with Crippen LogP contribution in [-0.2, 0) is 25.6 Å². The number of carbonyl (C=O) groups excluding carboxylic acids is 1. The number of aryl methyl sites for hydroxylation is 3. The van der Waals surface area contributed by atoms with Crippen molar-refractivity contribution in [1.82, 2.24) is 24.4 Å². The highest BCUT2D eigenvalue weighted by atomic mass is 19.4. The predicted octanol–water partition coefficient (Wildman–Crippen LogP) is 6.24. The van der Waals surface area contributed by atoms with Crippen LogP contribution >= 0.6 is 0 Å². The second kappa shape index (κ2) is 11.5. The Morgan fingerprint density at radius 2 is 1.78 bits per heavy atom. The topological polar surface area (TPSA) is 75.9 Å². The highest BCUT2D eigenvalue weighted by molar-refractivity contribution is 6.04. The van der Waals surface area contributed by atoms with Gasteiger partial charge >= 0.3 is 6.18 Å². The molecule has 0 aliphatic rings. The van der Waals surface area contributed by atoms with Gasteiger partial charge in [0, 0.05) is 53.3 Å². The van der Waals surface area contributed by atoms with E-state index in [2.05, 4.69) is 20.3 Å². The van der Waals surface area contributed by atoms with Gasteiger partial charge in [-0.2, -0.15) is 13.2 Å². The van der Waals surface area contributed by atoms with Crippen LogP contribution in [0.3, 0.4) is 0 Å². The van der Waals surface area contributed by atoms with E-state index < -0.39 is 17.6 Å². The van der Waals surface area contributed by atoms with Gasteiger partial charge in [0.05, 0.1) is 17.6 Å². The summed E-state index contributed by atoms with van der Waals surface area (Å²) in [7, 11) is 3.70. The number of halogens is 3. The van der Waals surface area contributed by atoms with Crippen LogP contribution in [0.25, 0.3) is 16.6 Å². The van der Waals surface area contributed by atoms with Crippen LogP contribution in [0.15, 0.2) is 79.5 Å². The van der Waals surface area contributed by atoms with E-state index in [9.17, 15) is 18.0 Å². The molecule has 0 aliphatic heterocycles. The van der Waals surface area contributed by atoms with E-state index in [1.807, 2.05) is 44.1 Å². The number of rotatable bonds is 8. The number of nitrogens with zero attached hydrogens (tertiary/aromatic N) is 5. The molecule has 0 saturated carbocycles. The van der Waals surface area contributed by atoms with Gasteiger partial charge in [-0.1, -0.05) is 6.07 Å². The lowest BCUT2D eigenvalue weighted by atomic mass is 9.98. The summed E-state index contributed by atoms with van der Waals surface area (Å²) < 4.78 is 43.1. The lowest BCUT2D eigenvalue weighted by Crippen LogP contribution is -2.16. The normalized spacial score (nSPS) is 11.8. The van der Waals surface area contributed by atoms with Gasteiger partial charge in [-0.3, -0.25) is 14.8 Å². The zero-order valence-electron chi connectivity index (χ0n) is 22.9. The first-order chi connectivity index (χ1) is 19.6. The molecule has 5 rings (SSSR count). The number of benzene rings is 2. The molecule has 0 atom stereocenters. The third kappa shape index (κ3) is 6.44. The number of aromatic nitrogens is 4. The molecule has 0 fully saturated rings. The number of fused-ring (bicyclic) bond motifs is 1. The summed E-state index contributed by atoms with van der Waals surface area (Å²) in [5, 5.41) is 3.63. The van der Waals surface area contributed by atoms with E-state index in [4.69, 9.17) is 0 Å². The number of anilines is 1. The Morgan fingerprint density at radius 3 is 2.56 bits per heavy atom. The first-order valence-electron chi connectivity index (χ1n) is 13.1. The molecular formula is C31H29F3N6O. The third-order valence-corrected chi connectivity index (χ3v) is 6.82. The smallest absolute Gasteiger partial charge is 0.322 e. The number of pyridine rings is 2. The minimum absolute atomic E-state index is 0.0411. The number of nitrogens with one attached hydrogen (secondary N) is 1. The Labute approximate surface area is 235 Å². The monoisotopic (exact) mass is 558 g/mol. The molecule has 2 aromatic carbocycles. The number of hydrogen-bond acceptors (Lipinski definition) is 5. The average Bonchev–Trinajstić information content (AvgIpc) is 3.39. The minimum atomic E-state index is -4.60. The molecule has 0 unspecified atom stereocenters. The number of hydrogen-bond donors (Lipinski definition) is 1. The summed E-state index contributed by atoms with van der Waals surface area (Å²) in [5.41, 5.74) is 3.65. The maximum Gasteiger partial charge on any atom is 0.416 e. The second-order valence-corrected chi connectivity index (χ2v) is 10.2. The molecule has 0 bridgehead atoms. The van der Waals surface area contributed by atoms with Gasteiger partial charge in [0.1, 0.15) is 5.82 Å². The van der Waals surface area contributed by atoms with Crippen molar-refractivity contribution < 1.29 is 18.0 Å². The fraction of sp³-hybridized carbons (Fsp3) is 0.226. The fourth-order valence-corrected chi connectivity index (χ4v) is 4.75. The summed E-state index contributed by atoms with van der Waals surface area (Å²) >= 11 is 0. The van der Waals surface area contributed by atoms with E-state index >= 15 is 0 Å². The van der Waals surface area contributed by atoms with Crippen LogP contribution in [0.1, 0.15) is 38.4 Å². The first kappa shape index (κ1) is 28.0. The third-order valence-electron chi connectivity index (χ3n) is 6.82. The molecular weight excluding hydrogens is 529 g/mol. The van der Waals surface area contributed by atoms with Gasteiger partial charge in [-0.05, 0) is 93.0 Å². The van der Waals surface area contributed by atoms with Crippen LogP contribution in [-0.4, -0.2) is 44.4 Å². The van der Waals surface area contributed by atoms with Crippen LogP contribution < -0.4 is 5.32 Å². The summed E-state index contributed by atoms with van der Waals surface area (Å²) in [6.07, 6.45) is 5.19. The SMILES string of the molecule is Cc1ccc(C(=O)Nc2cc(-n3ccnc3CN(C)C)cc(C(F)(F)F)c2)cc1CCc1cncc2cccnc12. The van der Waals surface area contributed by atoms with E-state index in [-0.39, 0.29) is 11.4 Å². The Hall–Kier alpha value is -4.57. The van der Waals surface area contributed by atoms with Crippen molar-refractivity contribution in [1.29, 1.82) is 0 Å². The number of imidazole rings is 1. The van der Waals surface area contributed by atoms with Crippen LogP contribution in [0.5, 0.6) is 0 Å². The van der Waals surface area contributed by atoms with Crippen molar-refractivity contribution in [3.05, 3.63) is 113 Å². The van der Waals surface area contributed by atoms with Crippen molar-refractivity contribution in [2.75, 3.05) is 19.4 Å². The first-order valence-corrected chi connectivity index (χ1v) is 13.1. The minimum Gasteiger partial charge on any atom is -0.322 e. The Balaban J connectivity index is 1.40. The van der Waals surface area contributed by atoms with Crippen LogP contribution in [0, 0.1) is 6.92 Å². The highest BCUT2D eigenvalue weighted by Crippen LogP contribution is 2.33. The maximum absolute atomic E-state index is 13.8. The maximum atomic E-state index is 13.8. The van der Waals surface area contributed by atoms with Gasteiger partial charge in [-0.15, -0.1) is 0 Å². The molecule has 5 aromatic rings. The second-order valence-electron chi connectivity index (χ2n) is 10.2. The molecule has 1 amide bonds. The van der Waals surface area contributed by atoms with Crippen molar-refractivity contribution in [3.8, 4) is 5.69 Å². The molecule has 10 heteroatoms. The van der Waals surface area contributed by atoms with Crippen molar-refractivity contribution in [3.63, 3.8) is 0 Å². The lowest BCUT2D eigenvalue weighted by Gasteiger charge is -2.16. The Morgan fingerprint density at radius 1 is 0.976 bits per heavy atom. The van der Waals surface area contributed by atoms with Gasteiger partial charge in [0.25, 0.3) is 5.91 Å². The molecule has 41 heavy (non-hydrogen) atoms. The van der Waals surface area contributed by atoms with E-state index in [0.29, 0.717) is 30.8 Å². The molecule has 0 saturated heterocycles. The van der Waals surface area contributed by atoms with E-state index in [0.717, 1.165) is 39.7 Å².